The molecule has 1 aromatic carbocycles. The first-order valence-electron chi connectivity index (χ1n) is 4.51. The third-order valence-corrected chi connectivity index (χ3v) is 1.94. The Morgan fingerprint density at radius 2 is 1.82 bits per heavy atom. The number of hydrogen-bond acceptors (Lipinski definition) is 1. The van der Waals surface area contributed by atoms with Crippen molar-refractivity contribution in [3.8, 4) is 0 Å². The fourth-order valence-corrected chi connectivity index (χ4v) is 1.10. The Labute approximate surface area is 93.4 Å². The van der Waals surface area contributed by atoms with E-state index in [0.29, 0.717) is 6.07 Å². The van der Waals surface area contributed by atoms with Crippen molar-refractivity contribution in [3.05, 3.63) is 34.9 Å². The molecule has 1 rings (SSSR count). The fourth-order valence-electron chi connectivity index (χ4n) is 1.10. The zero-order valence-electron chi connectivity index (χ0n) is 8.66. The molecule has 1 N–H and O–H groups in total. The van der Waals surface area contributed by atoms with Crippen LogP contribution in [-0.2, 0) is 0 Å². The Bertz CT molecular complexity index is 441. The predicted octanol–water partition coefficient (Wildman–Crippen LogP) is 2.57. The molecule has 7 heteroatoms. The van der Waals surface area contributed by atoms with Gasteiger partial charge < -0.3 is 5.32 Å². The molecule has 1 aromatic rings. The third-order valence-electron chi connectivity index (χ3n) is 1.94. The van der Waals surface area contributed by atoms with E-state index < -0.39 is 35.8 Å². The van der Waals surface area contributed by atoms with Crippen LogP contribution in [-0.4, -0.2) is 18.6 Å². The first kappa shape index (κ1) is 13.4. The highest BCUT2D eigenvalue weighted by atomic mass is 19.4. The monoisotopic (exact) mass is 253 g/mol. The Balaban J connectivity index is 2.86. The summed E-state index contributed by atoms with van der Waals surface area (Å²) in [4.78, 5) is 11.2. The maximum Gasteiger partial charge on any atom is 0.405 e. The molecule has 0 radical (unpaired) electrons. The minimum Gasteiger partial charge on any atom is -0.343 e. The zero-order valence-corrected chi connectivity index (χ0v) is 8.66. The van der Waals surface area contributed by atoms with Crippen molar-refractivity contribution in [1.29, 1.82) is 0 Å². The highest BCUT2D eigenvalue weighted by molar-refractivity contribution is 5.94. The summed E-state index contributed by atoms with van der Waals surface area (Å²) in [6, 6.07) is 1.31. The van der Waals surface area contributed by atoms with Crippen molar-refractivity contribution in [2.75, 3.05) is 6.54 Å². The van der Waals surface area contributed by atoms with Gasteiger partial charge in [-0.2, -0.15) is 13.2 Å². The second-order valence-electron chi connectivity index (χ2n) is 3.38. The van der Waals surface area contributed by atoms with E-state index in [1.807, 2.05) is 0 Å². The topological polar surface area (TPSA) is 29.1 Å². The molecule has 17 heavy (non-hydrogen) atoms. The standard InChI is InChI=1S/C10H8F5NO/c1-5-2-8(12)6(3-7(5)11)9(17)16-4-10(13,14)15/h2-3H,4H2,1H3,(H,16,17). The summed E-state index contributed by atoms with van der Waals surface area (Å²) in [5.41, 5.74) is -0.785. The number of carbonyl (C=O) groups is 1. The summed E-state index contributed by atoms with van der Waals surface area (Å²) in [6.07, 6.45) is -4.60. The van der Waals surface area contributed by atoms with Crippen LogP contribution in [0.1, 0.15) is 15.9 Å². The summed E-state index contributed by atoms with van der Waals surface area (Å²) in [7, 11) is 0. The average Bonchev–Trinajstić information content (AvgIpc) is 2.19. The van der Waals surface area contributed by atoms with Gasteiger partial charge in [0, 0.05) is 0 Å². The van der Waals surface area contributed by atoms with Crippen LogP contribution in [0.2, 0.25) is 0 Å². The van der Waals surface area contributed by atoms with E-state index in [4.69, 9.17) is 0 Å². The number of nitrogens with one attached hydrogen (secondary N) is 1. The van der Waals surface area contributed by atoms with Crippen molar-refractivity contribution >= 4 is 5.91 Å². The van der Waals surface area contributed by atoms with Gasteiger partial charge in [-0.05, 0) is 24.6 Å². The quantitative estimate of drug-likeness (QED) is 0.806. The molecule has 0 bridgehead atoms. The van der Waals surface area contributed by atoms with Crippen LogP contribution in [0.25, 0.3) is 0 Å². The number of rotatable bonds is 2. The van der Waals surface area contributed by atoms with Crippen LogP contribution in [0.5, 0.6) is 0 Å². The number of aryl methyl sites for hydroxylation is 1. The first-order valence-corrected chi connectivity index (χ1v) is 4.51. The number of alkyl halides is 3. The van der Waals surface area contributed by atoms with E-state index in [-0.39, 0.29) is 5.56 Å². The van der Waals surface area contributed by atoms with E-state index >= 15 is 0 Å². The lowest BCUT2D eigenvalue weighted by atomic mass is 10.1. The summed E-state index contributed by atoms with van der Waals surface area (Å²) in [5.74, 6) is -3.23. The van der Waals surface area contributed by atoms with E-state index in [9.17, 15) is 26.7 Å². The molecule has 0 saturated carbocycles. The molecular weight excluding hydrogens is 245 g/mol. The molecule has 0 atom stereocenters. The lowest BCUT2D eigenvalue weighted by molar-refractivity contribution is -0.123. The second kappa shape index (κ2) is 4.68. The summed E-state index contributed by atoms with van der Waals surface area (Å²) < 4.78 is 61.6. The zero-order chi connectivity index (χ0) is 13.2. The van der Waals surface area contributed by atoms with Gasteiger partial charge in [0.05, 0.1) is 5.56 Å². The Morgan fingerprint density at radius 1 is 1.24 bits per heavy atom. The van der Waals surface area contributed by atoms with Crippen LogP contribution in [0, 0.1) is 18.6 Å². The number of halogens is 5. The normalized spacial score (nSPS) is 11.4. The molecule has 0 spiro atoms. The molecule has 2 nitrogen and oxygen atoms in total. The van der Waals surface area contributed by atoms with Crippen LogP contribution < -0.4 is 5.32 Å². The number of hydrogen-bond donors (Lipinski definition) is 1. The molecule has 0 saturated heterocycles. The molecule has 0 heterocycles. The Morgan fingerprint density at radius 3 is 2.35 bits per heavy atom. The summed E-state index contributed by atoms with van der Waals surface area (Å²) in [5, 5.41) is 1.46. The van der Waals surface area contributed by atoms with Gasteiger partial charge in [-0.15, -0.1) is 0 Å². The average molecular weight is 253 g/mol. The van der Waals surface area contributed by atoms with Crippen LogP contribution in [0.4, 0.5) is 22.0 Å². The first-order chi connectivity index (χ1) is 7.70. The summed E-state index contributed by atoms with van der Waals surface area (Å²) >= 11 is 0. The lowest BCUT2D eigenvalue weighted by Crippen LogP contribution is -2.34. The molecule has 0 aliphatic rings. The number of benzene rings is 1. The molecule has 0 aliphatic carbocycles. The molecule has 0 aliphatic heterocycles. The van der Waals surface area contributed by atoms with Gasteiger partial charge in [-0.25, -0.2) is 8.78 Å². The van der Waals surface area contributed by atoms with Gasteiger partial charge >= 0.3 is 6.18 Å². The van der Waals surface area contributed by atoms with Gasteiger partial charge in [0.25, 0.3) is 5.91 Å². The molecule has 0 fully saturated rings. The SMILES string of the molecule is Cc1cc(F)c(C(=O)NCC(F)(F)F)cc1F. The maximum absolute atomic E-state index is 13.2. The third kappa shape index (κ3) is 3.69. The minimum absolute atomic E-state index is 0.0325. The van der Waals surface area contributed by atoms with E-state index in [1.165, 1.54) is 12.2 Å². The number of carbonyl (C=O) groups excluding carboxylic acids is 1. The largest absolute Gasteiger partial charge is 0.405 e. The van der Waals surface area contributed by atoms with Crippen molar-refractivity contribution in [1.82, 2.24) is 5.32 Å². The van der Waals surface area contributed by atoms with Gasteiger partial charge in [0.1, 0.15) is 18.2 Å². The maximum atomic E-state index is 13.2. The molecule has 0 unspecified atom stereocenters. The Hall–Kier alpha value is -1.66. The van der Waals surface area contributed by atoms with E-state index in [0.717, 1.165) is 6.07 Å². The van der Waals surface area contributed by atoms with Crippen molar-refractivity contribution in [3.63, 3.8) is 0 Å². The minimum atomic E-state index is -4.60. The van der Waals surface area contributed by atoms with Crippen molar-refractivity contribution in [2.45, 2.75) is 13.1 Å². The fraction of sp³-hybridized carbons (Fsp3) is 0.300. The van der Waals surface area contributed by atoms with Gasteiger partial charge in [0.15, 0.2) is 0 Å². The van der Waals surface area contributed by atoms with Crippen molar-refractivity contribution in [2.24, 2.45) is 0 Å². The molecule has 0 aromatic heterocycles. The smallest absolute Gasteiger partial charge is 0.343 e. The van der Waals surface area contributed by atoms with E-state index in [2.05, 4.69) is 0 Å². The van der Waals surface area contributed by atoms with E-state index in [1.54, 1.807) is 0 Å². The lowest BCUT2D eigenvalue weighted by Gasteiger charge is -2.09. The highest BCUT2D eigenvalue weighted by Gasteiger charge is 2.28. The Kier molecular flexibility index (Phi) is 3.69. The van der Waals surface area contributed by atoms with Gasteiger partial charge in [-0.3, -0.25) is 4.79 Å². The predicted molar refractivity (Wildman–Crippen MR) is 49.5 cm³/mol. The molecular formula is C10H8F5NO. The van der Waals surface area contributed by atoms with Crippen LogP contribution in [0.15, 0.2) is 12.1 Å². The highest BCUT2D eigenvalue weighted by Crippen LogP contribution is 2.16. The van der Waals surface area contributed by atoms with Gasteiger partial charge in [0.2, 0.25) is 0 Å². The number of amides is 1. The molecule has 94 valence electrons. The van der Waals surface area contributed by atoms with Crippen LogP contribution in [0.3, 0.4) is 0 Å². The van der Waals surface area contributed by atoms with Crippen molar-refractivity contribution < 1.29 is 26.7 Å². The second-order valence-corrected chi connectivity index (χ2v) is 3.38. The van der Waals surface area contributed by atoms with Crippen LogP contribution >= 0.6 is 0 Å². The van der Waals surface area contributed by atoms with Gasteiger partial charge in [-0.1, -0.05) is 0 Å². The molecule has 1 amide bonds. The summed E-state index contributed by atoms with van der Waals surface area (Å²) in [6.45, 7) is -0.323.